The van der Waals surface area contributed by atoms with Crippen LogP contribution in [0.2, 0.25) is 0 Å². The maximum absolute atomic E-state index is 13.2. The number of hydrogen-bond donors (Lipinski definition) is 1. The van der Waals surface area contributed by atoms with Gasteiger partial charge in [-0.25, -0.2) is 12.8 Å². The molecule has 0 unspecified atom stereocenters. The smallest absolute Gasteiger partial charge is 0.253 e. The van der Waals surface area contributed by atoms with E-state index in [0.717, 1.165) is 11.3 Å². The topological polar surface area (TPSA) is 76.1 Å². The molecular weight excluding hydrogens is 331 g/mol. The first-order chi connectivity index (χ1) is 11.4. The van der Waals surface area contributed by atoms with Crippen LogP contribution in [-0.2, 0) is 16.3 Å². The van der Waals surface area contributed by atoms with Gasteiger partial charge in [0, 0.05) is 24.4 Å². The third kappa shape index (κ3) is 4.17. The van der Waals surface area contributed by atoms with Crippen molar-refractivity contribution in [2.75, 3.05) is 11.5 Å². The molecule has 1 aromatic heterocycles. The molecular formula is C17H17FN2O3S. The zero-order chi connectivity index (χ0) is 17.2. The lowest BCUT2D eigenvalue weighted by atomic mass is 10.1. The van der Waals surface area contributed by atoms with Crippen LogP contribution in [0, 0.1) is 5.82 Å². The molecule has 5 nitrogen and oxygen atoms in total. The molecule has 126 valence electrons. The van der Waals surface area contributed by atoms with Gasteiger partial charge in [0.05, 0.1) is 17.1 Å². The first kappa shape index (κ1) is 16.6. The van der Waals surface area contributed by atoms with Gasteiger partial charge >= 0.3 is 0 Å². The lowest BCUT2D eigenvalue weighted by Gasteiger charge is -2.10. The molecule has 1 saturated heterocycles. The van der Waals surface area contributed by atoms with Gasteiger partial charge in [-0.2, -0.15) is 0 Å². The average molecular weight is 348 g/mol. The van der Waals surface area contributed by atoms with Crippen molar-refractivity contribution in [1.29, 1.82) is 0 Å². The summed E-state index contributed by atoms with van der Waals surface area (Å²) < 4.78 is 36.0. The Balaban J connectivity index is 1.62. The van der Waals surface area contributed by atoms with E-state index in [-0.39, 0.29) is 29.3 Å². The third-order valence-corrected chi connectivity index (χ3v) is 5.70. The van der Waals surface area contributed by atoms with Crippen LogP contribution in [-0.4, -0.2) is 36.9 Å². The summed E-state index contributed by atoms with van der Waals surface area (Å²) in [5, 5.41) is 2.72. The second-order valence-electron chi connectivity index (χ2n) is 5.92. The van der Waals surface area contributed by atoms with Crippen LogP contribution in [0.5, 0.6) is 0 Å². The van der Waals surface area contributed by atoms with Crippen molar-refractivity contribution in [3.8, 4) is 0 Å². The fourth-order valence-electron chi connectivity index (χ4n) is 2.70. The summed E-state index contributed by atoms with van der Waals surface area (Å²) in [6.45, 7) is 0. The van der Waals surface area contributed by atoms with E-state index in [1.807, 2.05) is 6.07 Å². The minimum Gasteiger partial charge on any atom is -0.348 e. The Hall–Kier alpha value is -2.28. The van der Waals surface area contributed by atoms with Gasteiger partial charge in [0.15, 0.2) is 9.84 Å². The first-order valence-electron chi connectivity index (χ1n) is 7.62. The molecule has 0 spiro atoms. The summed E-state index contributed by atoms with van der Waals surface area (Å²) >= 11 is 0. The Morgan fingerprint density at radius 3 is 2.75 bits per heavy atom. The van der Waals surface area contributed by atoms with Gasteiger partial charge in [0.1, 0.15) is 5.82 Å². The summed E-state index contributed by atoms with van der Waals surface area (Å²) in [5.41, 5.74) is 1.90. The summed E-state index contributed by atoms with van der Waals surface area (Å²) in [7, 11) is -3.03. The highest BCUT2D eigenvalue weighted by molar-refractivity contribution is 7.91. The quantitative estimate of drug-likeness (QED) is 0.913. The number of nitrogens with one attached hydrogen (secondary N) is 1. The predicted octanol–water partition coefficient (Wildman–Crippen LogP) is 1.73. The lowest BCUT2D eigenvalue weighted by Crippen LogP contribution is -2.35. The van der Waals surface area contributed by atoms with E-state index in [1.165, 1.54) is 18.3 Å². The molecule has 1 aliphatic rings. The van der Waals surface area contributed by atoms with Gasteiger partial charge in [-0.3, -0.25) is 9.78 Å². The zero-order valence-corrected chi connectivity index (χ0v) is 13.7. The van der Waals surface area contributed by atoms with E-state index in [9.17, 15) is 17.6 Å². The molecule has 2 aromatic rings. The van der Waals surface area contributed by atoms with Gasteiger partial charge in [0.25, 0.3) is 5.91 Å². The molecule has 1 atom stereocenters. The fraction of sp³-hybridized carbons (Fsp3) is 0.294. The number of carbonyl (C=O) groups is 1. The van der Waals surface area contributed by atoms with Crippen LogP contribution in [0.15, 0.2) is 42.6 Å². The number of nitrogens with zero attached hydrogens (tertiary/aromatic N) is 1. The molecule has 7 heteroatoms. The Kier molecular flexibility index (Phi) is 4.62. The molecule has 1 fully saturated rings. The number of hydrogen-bond acceptors (Lipinski definition) is 4. The Bertz CT molecular complexity index is 850. The number of carbonyl (C=O) groups excluding carboxylic acids is 1. The van der Waals surface area contributed by atoms with Crippen molar-refractivity contribution in [1.82, 2.24) is 10.3 Å². The second kappa shape index (κ2) is 6.68. The maximum atomic E-state index is 13.2. The first-order valence-corrected chi connectivity index (χ1v) is 9.44. The standard InChI is InChI=1S/C17H17FN2O3S/c18-14-3-1-2-12(8-14)9-15-5-4-13(10-19-15)17(21)20-16-6-7-24(22,23)11-16/h1-5,8,10,16H,6-7,9,11H2,(H,20,21)/t16-/m0/s1. The van der Waals surface area contributed by atoms with Crippen LogP contribution in [0.25, 0.3) is 0 Å². The molecule has 24 heavy (non-hydrogen) atoms. The number of pyridine rings is 1. The van der Waals surface area contributed by atoms with Crippen molar-refractivity contribution >= 4 is 15.7 Å². The van der Waals surface area contributed by atoms with Gasteiger partial charge < -0.3 is 5.32 Å². The van der Waals surface area contributed by atoms with E-state index in [4.69, 9.17) is 0 Å². The number of halogens is 1. The average Bonchev–Trinajstić information content (AvgIpc) is 2.87. The second-order valence-corrected chi connectivity index (χ2v) is 8.15. The van der Waals surface area contributed by atoms with Crippen LogP contribution in [0.3, 0.4) is 0 Å². The Morgan fingerprint density at radius 2 is 2.12 bits per heavy atom. The predicted molar refractivity (Wildman–Crippen MR) is 88.0 cm³/mol. The summed E-state index contributed by atoms with van der Waals surface area (Å²) in [4.78, 5) is 16.4. The molecule has 0 aliphatic carbocycles. The molecule has 1 aliphatic heterocycles. The van der Waals surface area contributed by atoms with Gasteiger partial charge in [-0.1, -0.05) is 12.1 Å². The van der Waals surface area contributed by atoms with Gasteiger partial charge in [-0.15, -0.1) is 0 Å². The highest BCUT2D eigenvalue weighted by atomic mass is 32.2. The number of benzene rings is 1. The number of amides is 1. The fourth-order valence-corrected chi connectivity index (χ4v) is 4.37. The Labute approximate surface area is 139 Å². The molecule has 3 rings (SSSR count). The minimum absolute atomic E-state index is 0.0101. The van der Waals surface area contributed by atoms with E-state index < -0.39 is 9.84 Å². The minimum atomic E-state index is -3.03. The highest BCUT2D eigenvalue weighted by Crippen LogP contribution is 2.13. The van der Waals surface area contributed by atoms with Crippen molar-refractivity contribution in [2.45, 2.75) is 18.9 Å². The monoisotopic (exact) mass is 348 g/mol. The third-order valence-electron chi connectivity index (χ3n) is 3.93. The largest absolute Gasteiger partial charge is 0.348 e. The van der Waals surface area contributed by atoms with Crippen molar-refractivity contribution in [3.63, 3.8) is 0 Å². The number of aromatic nitrogens is 1. The Morgan fingerprint density at radius 1 is 1.29 bits per heavy atom. The molecule has 1 amide bonds. The summed E-state index contributed by atoms with van der Waals surface area (Å²) in [5.74, 6) is -0.524. The van der Waals surface area contributed by atoms with Crippen molar-refractivity contribution in [2.24, 2.45) is 0 Å². The summed E-state index contributed by atoms with van der Waals surface area (Å²) in [6.07, 6.45) is 2.37. The number of rotatable bonds is 4. The van der Waals surface area contributed by atoms with Crippen LogP contribution < -0.4 is 5.32 Å². The molecule has 2 heterocycles. The van der Waals surface area contributed by atoms with E-state index >= 15 is 0 Å². The molecule has 0 bridgehead atoms. The van der Waals surface area contributed by atoms with E-state index in [0.29, 0.717) is 18.4 Å². The molecule has 0 saturated carbocycles. The van der Waals surface area contributed by atoms with Gasteiger partial charge in [-0.05, 0) is 36.2 Å². The molecule has 0 radical (unpaired) electrons. The lowest BCUT2D eigenvalue weighted by molar-refractivity contribution is 0.0941. The SMILES string of the molecule is O=C(N[C@H]1CCS(=O)(=O)C1)c1ccc(Cc2cccc(F)c2)nc1. The highest BCUT2D eigenvalue weighted by Gasteiger charge is 2.29. The van der Waals surface area contributed by atoms with E-state index in [1.54, 1.807) is 18.2 Å². The zero-order valence-electron chi connectivity index (χ0n) is 12.9. The maximum Gasteiger partial charge on any atom is 0.253 e. The van der Waals surface area contributed by atoms with Gasteiger partial charge in [0.2, 0.25) is 0 Å². The molecule has 1 aromatic carbocycles. The van der Waals surface area contributed by atoms with Crippen molar-refractivity contribution in [3.05, 3.63) is 65.2 Å². The van der Waals surface area contributed by atoms with Crippen LogP contribution in [0.1, 0.15) is 28.0 Å². The molecule has 1 N–H and O–H groups in total. The number of sulfone groups is 1. The van der Waals surface area contributed by atoms with Crippen molar-refractivity contribution < 1.29 is 17.6 Å². The normalized spacial score (nSPS) is 19.1. The summed E-state index contributed by atoms with van der Waals surface area (Å²) in [6, 6.07) is 9.30. The van der Waals surface area contributed by atoms with Crippen LogP contribution >= 0.6 is 0 Å². The van der Waals surface area contributed by atoms with Crippen LogP contribution in [0.4, 0.5) is 4.39 Å². The van der Waals surface area contributed by atoms with E-state index in [2.05, 4.69) is 10.3 Å².